The predicted octanol–water partition coefficient (Wildman–Crippen LogP) is 3.85. The zero-order valence-corrected chi connectivity index (χ0v) is 12.8. The van der Waals surface area contributed by atoms with E-state index in [1.54, 1.807) is 24.3 Å². The summed E-state index contributed by atoms with van der Waals surface area (Å²) in [5.74, 6) is -0.606. The van der Waals surface area contributed by atoms with Crippen molar-refractivity contribution in [3.8, 4) is 11.1 Å². The quantitative estimate of drug-likeness (QED) is 0.694. The lowest BCUT2D eigenvalue weighted by atomic mass is 10.0. The second kappa shape index (κ2) is 7.09. The molecule has 3 heterocycles. The molecule has 3 aliphatic heterocycles. The van der Waals surface area contributed by atoms with Gasteiger partial charge < -0.3 is 9.47 Å². The molecule has 0 fully saturated rings. The average molecular weight is 310 g/mol. The van der Waals surface area contributed by atoms with Crippen molar-refractivity contribution in [3.63, 3.8) is 0 Å². The Labute approximate surface area is 135 Å². The van der Waals surface area contributed by atoms with Crippen LogP contribution in [0, 0.1) is 0 Å². The first-order valence-corrected chi connectivity index (χ1v) is 7.79. The Morgan fingerprint density at radius 1 is 0.522 bits per heavy atom. The zero-order valence-electron chi connectivity index (χ0n) is 12.8. The minimum atomic E-state index is -0.303. The Kier molecular flexibility index (Phi) is 4.71. The van der Waals surface area contributed by atoms with Gasteiger partial charge in [0.15, 0.2) is 0 Å². The first-order chi connectivity index (χ1) is 11.2. The number of rotatable bonds is 0. The monoisotopic (exact) mass is 310 g/mol. The summed E-state index contributed by atoms with van der Waals surface area (Å²) in [6.45, 7) is 0.763. The molecule has 0 spiro atoms. The molecule has 118 valence electrons. The molecule has 0 saturated heterocycles. The highest BCUT2D eigenvalue weighted by molar-refractivity contribution is 5.91. The molecule has 5 rings (SSSR count). The molecule has 0 atom stereocenters. The second-order valence-electron chi connectivity index (χ2n) is 5.49. The minimum absolute atomic E-state index is 0.303. The molecule has 4 nitrogen and oxygen atoms in total. The van der Waals surface area contributed by atoms with E-state index < -0.39 is 0 Å². The molecule has 0 aromatic heterocycles. The summed E-state index contributed by atoms with van der Waals surface area (Å²) in [5.41, 5.74) is 3.05. The average Bonchev–Trinajstić information content (AvgIpc) is 2.60. The van der Waals surface area contributed by atoms with Crippen LogP contribution in [0.5, 0.6) is 0 Å². The van der Waals surface area contributed by atoms with Gasteiger partial charge in [-0.15, -0.1) is 0 Å². The summed E-state index contributed by atoms with van der Waals surface area (Å²) in [4.78, 5) is 23.9. The molecular formula is C19H18O4. The molecule has 0 unspecified atom stereocenters. The van der Waals surface area contributed by atoms with Gasteiger partial charge in [-0.25, -0.2) is 9.59 Å². The minimum Gasteiger partial charge on any atom is -0.462 e. The highest BCUT2D eigenvalue weighted by Gasteiger charge is 2.10. The van der Waals surface area contributed by atoms with Gasteiger partial charge in [0.05, 0.1) is 24.3 Å². The number of carbonyl (C=O) groups excluding carboxylic acids is 2. The first kappa shape index (κ1) is 15.3. The van der Waals surface area contributed by atoms with E-state index in [1.165, 1.54) is 0 Å². The van der Waals surface area contributed by atoms with Crippen LogP contribution < -0.4 is 0 Å². The number of fused-ring (bicyclic) bond motifs is 2. The number of benzene rings is 2. The summed E-state index contributed by atoms with van der Waals surface area (Å²) in [6, 6.07) is 14.6. The van der Waals surface area contributed by atoms with Crippen LogP contribution in [0.25, 0.3) is 11.1 Å². The topological polar surface area (TPSA) is 52.6 Å². The number of hydrogen-bond acceptors (Lipinski definition) is 4. The van der Waals surface area contributed by atoms with E-state index in [2.05, 4.69) is 0 Å². The molecule has 2 aromatic carbocycles. The van der Waals surface area contributed by atoms with Crippen LogP contribution in [0.15, 0.2) is 48.5 Å². The fourth-order valence-electron chi connectivity index (χ4n) is 2.47. The maximum atomic E-state index is 11.9. The predicted molar refractivity (Wildman–Crippen MR) is 86.3 cm³/mol. The molecule has 4 bridgehead atoms. The molecule has 23 heavy (non-hydrogen) atoms. The molecule has 0 N–H and O–H groups in total. The van der Waals surface area contributed by atoms with Crippen LogP contribution in [0.3, 0.4) is 0 Å². The lowest BCUT2D eigenvalue weighted by molar-refractivity contribution is 0.0478. The SMILES string of the molecule is O=C1OCCCCCOC(=O)c2ccc(cc2)-c2ccc1cc2. The van der Waals surface area contributed by atoms with Crippen LogP contribution in [0.2, 0.25) is 0 Å². The third kappa shape index (κ3) is 3.77. The van der Waals surface area contributed by atoms with Gasteiger partial charge in [-0.05, 0) is 54.7 Å². The van der Waals surface area contributed by atoms with Crippen molar-refractivity contribution < 1.29 is 19.1 Å². The summed E-state index contributed by atoms with van der Waals surface area (Å²) in [7, 11) is 0. The van der Waals surface area contributed by atoms with Gasteiger partial charge in [0.25, 0.3) is 0 Å². The van der Waals surface area contributed by atoms with E-state index in [1.807, 2.05) is 24.3 Å². The Bertz CT molecular complexity index is 625. The second-order valence-corrected chi connectivity index (χ2v) is 5.49. The van der Waals surface area contributed by atoms with Gasteiger partial charge in [-0.2, -0.15) is 0 Å². The maximum absolute atomic E-state index is 11.9. The van der Waals surface area contributed by atoms with Crippen LogP contribution >= 0.6 is 0 Å². The number of esters is 2. The third-order valence-corrected chi connectivity index (χ3v) is 3.83. The molecule has 0 amide bonds. The zero-order chi connectivity index (χ0) is 16.1. The van der Waals surface area contributed by atoms with Gasteiger partial charge in [0.2, 0.25) is 0 Å². The van der Waals surface area contributed by atoms with E-state index in [0.29, 0.717) is 24.3 Å². The van der Waals surface area contributed by atoms with E-state index in [4.69, 9.17) is 9.47 Å². The Morgan fingerprint density at radius 3 is 1.26 bits per heavy atom. The lowest BCUT2D eigenvalue weighted by Crippen LogP contribution is -2.07. The van der Waals surface area contributed by atoms with Crippen molar-refractivity contribution in [1.82, 2.24) is 0 Å². The van der Waals surface area contributed by atoms with Crippen molar-refractivity contribution in [3.05, 3.63) is 59.7 Å². The Hall–Kier alpha value is -2.62. The Morgan fingerprint density at radius 2 is 0.870 bits per heavy atom. The highest BCUT2D eigenvalue weighted by atomic mass is 16.5. The standard InChI is InChI=1S/C19H18O4/c20-18-16-8-4-14(5-9-16)15-6-10-17(11-7-15)19(21)23-13-3-1-2-12-22-18/h4-11H,1-3,12-13H2. The van der Waals surface area contributed by atoms with E-state index in [-0.39, 0.29) is 11.9 Å². The third-order valence-electron chi connectivity index (χ3n) is 3.83. The molecule has 0 aliphatic carbocycles. The molecule has 0 saturated carbocycles. The van der Waals surface area contributed by atoms with Gasteiger partial charge in [-0.1, -0.05) is 24.3 Å². The number of hydrogen-bond donors (Lipinski definition) is 0. The van der Waals surface area contributed by atoms with Gasteiger partial charge in [0.1, 0.15) is 0 Å². The Balaban J connectivity index is 1.88. The lowest BCUT2D eigenvalue weighted by Gasteiger charge is -2.06. The number of ether oxygens (including phenoxy) is 2. The summed E-state index contributed by atoms with van der Waals surface area (Å²) >= 11 is 0. The van der Waals surface area contributed by atoms with E-state index in [0.717, 1.165) is 30.4 Å². The molecule has 3 aliphatic rings. The van der Waals surface area contributed by atoms with Crippen LogP contribution in [-0.4, -0.2) is 25.2 Å². The fraction of sp³-hybridized carbons (Fsp3) is 0.263. The number of carbonyl (C=O) groups is 2. The fourth-order valence-corrected chi connectivity index (χ4v) is 2.47. The largest absolute Gasteiger partial charge is 0.462 e. The van der Waals surface area contributed by atoms with Crippen molar-refractivity contribution in [2.45, 2.75) is 19.3 Å². The molecule has 2 aromatic rings. The van der Waals surface area contributed by atoms with E-state index in [9.17, 15) is 9.59 Å². The van der Waals surface area contributed by atoms with Gasteiger partial charge in [0, 0.05) is 0 Å². The highest BCUT2D eigenvalue weighted by Crippen LogP contribution is 2.21. The summed E-state index contributed by atoms with van der Waals surface area (Å²) in [6.07, 6.45) is 2.36. The first-order valence-electron chi connectivity index (χ1n) is 7.79. The summed E-state index contributed by atoms with van der Waals surface area (Å²) in [5, 5.41) is 0. The van der Waals surface area contributed by atoms with Crippen molar-refractivity contribution in [2.24, 2.45) is 0 Å². The normalized spacial score (nSPS) is 15.8. The van der Waals surface area contributed by atoms with Gasteiger partial charge in [-0.3, -0.25) is 0 Å². The van der Waals surface area contributed by atoms with Crippen LogP contribution in [-0.2, 0) is 9.47 Å². The van der Waals surface area contributed by atoms with E-state index >= 15 is 0 Å². The van der Waals surface area contributed by atoms with Crippen molar-refractivity contribution in [2.75, 3.05) is 13.2 Å². The van der Waals surface area contributed by atoms with Crippen molar-refractivity contribution in [1.29, 1.82) is 0 Å². The molecule has 4 heteroatoms. The van der Waals surface area contributed by atoms with Gasteiger partial charge >= 0.3 is 11.9 Å². The summed E-state index contributed by atoms with van der Waals surface area (Å²) < 4.78 is 10.5. The smallest absolute Gasteiger partial charge is 0.338 e. The molecular weight excluding hydrogens is 292 g/mol. The van der Waals surface area contributed by atoms with Crippen LogP contribution in [0.4, 0.5) is 0 Å². The molecule has 0 radical (unpaired) electrons. The van der Waals surface area contributed by atoms with Crippen LogP contribution in [0.1, 0.15) is 40.0 Å². The van der Waals surface area contributed by atoms with Crippen molar-refractivity contribution >= 4 is 11.9 Å². The maximum Gasteiger partial charge on any atom is 0.338 e.